The van der Waals surface area contributed by atoms with Crippen molar-refractivity contribution in [3.63, 3.8) is 0 Å². The molecule has 100 valence electrons. The van der Waals surface area contributed by atoms with Crippen LogP contribution in [0.15, 0.2) is 59.5 Å². The summed E-state index contributed by atoms with van der Waals surface area (Å²) in [5.74, 6) is 1.09. The molecule has 0 aliphatic carbocycles. The summed E-state index contributed by atoms with van der Waals surface area (Å²) in [6.45, 7) is 2.08. The first-order valence-electron chi connectivity index (χ1n) is 6.45. The Hall–Kier alpha value is -1.45. The molecule has 0 heterocycles. The minimum atomic E-state index is 0.825. The van der Waals surface area contributed by atoms with Crippen LogP contribution in [0.5, 0.6) is 0 Å². The maximum atomic E-state index is 5.67. The lowest BCUT2D eigenvalue weighted by Crippen LogP contribution is -2.20. The maximum absolute atomic E-state index is 5.67. The number of nitrogens with zero attached hydrogens (tertiary/aromatic N) is 1. The Kier molecular flexibility index (Phi) is 5.31. The minimum absolute atomic E-state index is 0.825. The van der Waals surface area contributed by atoms with Crippen molar-refractivity contribution in [1.82, 2.24) is 4.90 Å². The second-order valence-electron chi connectivity index (χ2n) is 4.64. The van der Waals surface area contributed by atoms with Crippen molar-refractivity contribution in [3.05, 3.63) is 60.2 Å². The van der Waals surface area contributed by atoms with E-state index in [2.05, 4.69) is 54.4 Å². The highest BCUT2D eigenvalue weighted by Gasteiger charge is 2.00. The van der Waals surface area contributed by atoms with Gasteiger partial charge < -0.3 is 10.6 Å². The summed E-state index contributed by atoms with van der Waals surface area (Å²) in [4.78, 5) is 3.63. The zero-order valence-corrected chi connectivity index (χ0v) is 12.1. The summed E-state index contributed by atoms with van der Waals surface area (Å²) < 4.78 is 0. The highest BCUT2D eigenvalue weighted by atomic mass is 32.2. The largest absolute Gasteiger partial charge is 0.399 e. The predicted octanol–water partition coefficient (Wildman–Crippen LogP) is 3.49. The van der Waals surface area contributed by atoms with Crippen LogP contribution in [0, 0.1) is 0 Å². The molecule has 2 rings (SSSR count). The van der Waals surface area contributed by atoms with Gasteiger partial charge in [0.25, 0.3) is 0 Å². The Labute approximate surface area is 119 Å². The van der Waals surface area contributed by atoms with Crippen LogP contribution in [0.2, 0.25) is 0 Å². The Bertz CT molecular complexity index is 482. The van der Waals surface area contributed by atoms with Crippen LogP contribution in [0.3, 0.4) is 0 Å². The number of rotatable bonds is 6. The number of hydrogen-bond acceptors (Lipinski definition) is 3. The first-order chi connectivity index (χ1) is 9.24. The Morgan fingerprint density at radius 3 is 2.37 bits per heavy atom. The van der Waals surface area contributed by atoms with Crippen molar-refractivity contribution in [3.8, 4) is 0 Å². The van der Waals surface area contributed by atoms with Crippen molar-refractivity contribution in [1.29, 1.82) is 0 Å². The summed E-state index contributed by atoms with van der Waals surface area (Å²) in [5, 5.41) is 0. The van der Waals surface area contributed by atoms with E-state index in [-0.39, 0.29) is 0 Å². The SMILES string of the molecule is CN(CCSc1ccc(N)cc1)Cc1ccccc1. The third-order valence-corrected chi connectivity index (χ3v) is 3.91. The number of nitrogen functional groups attached to an aromatic ring is 1. The molecule has 0 bridgehead atoms. The van der Waals surface area contributed by atoms with Gasteiger partial charge in [-0.15, -0.1) is 11.8 Å². The lowest BCUT2D eigenvalue weighted by Gasteiger charge is -2.16. The number of benzene rings is 2. The normalized spacial score (nSPS) is 10.8. The van der Waals surface area contributed by atoms with Gasteiger partial charge in [-0.1, -0.05) is 30.3 Å². The van der Waals surface area contributed by atoms with E-state index in [0.717, 1.165) is 24.5 Å². The summed E-state index contributed by atoms with van der Waals surface area (Å²) >= 11 is 1.87. The molecule has 3 heteroatoms. The second-order valence-corrected chi connectivity index (χ2v) is 5.81. The molecule has 0 unspecified atom stereocenters. The third kappa shape index (κ3) is 4.97. The molecule has 0 radical (unpaired) electrons. The zero-order valence-electron chi connectivity index (χ0n) is 11.3. The van der Waals surface area contributed by atoms with Gasteiger partial charge >= 0.3 is 0 Å². The van der Waals surface area contributed by atoms with Crippen LogP contribution >= 0.6 is 11.8 Å². The van der Waals surface area contributed by atoms with E-state index < -0.39 is 0 Å². The van der Waals surface area contributed by atoms with E-state index in [9.17, 15) is 0 Å². The van der Waals surface area contributed by atoms with Crippen LogP contribution in [-0.4, -0.2) is 24.2 Å². The molecule has 0 amide bonds. The van der Waals surface area contributed by atoms with Gasteiger partial charge in [-0.25, -0.2) is 0 Å². The first-order valence-corrected chi connectivity index (χ1v) is 7.43. The average molecular weight is 272 g/mol. The van der Waals surface area contributed by atoms with E-state index in [4.69, 9.17) is 5.73 Å². The van der Waals surface area contributed by atoms with Crippen molar-refractivity contribution in [2.24, 2.45) is 0 Å². The smallest absolute Gasteiger partial charge is 0.0314 e. The van der Waals surface area contributed by atoms with E-state index in [1.807, 2.05) is 23.9 Å². The van der Waals surface area contributed by atoms with Gasteiger partial charge in [0.2, 0.25) is 0 Å². The summed E-state index contributed by atoms with van der Waals surface area (Å²) in [5.41, 5.74) is 7.86. The van der Waals surface area contributed by atoms with Crippen LogP contribution in [0.25, 0.3) is 0 Å². The molecule has 2 aromatic rings. The molecule has 19 heavy (non-hydrogen) atoms. The molecule has 0 spiro atoms. The Balaban J connectivity index is 1.72. The number of hydrogen-bond donors (Lipinski definition) is 1. The Morgan fingerprint density at radius 1 is 1.00 bits per heavy atom. The third-order valence-electron chi connectivity index (χ3n) is 2.92. The van der Waals surface area contributed by atoms with E-state index in [1.54, 1.807) is 0 Å². The fourth-order valence-electron chi connectivity index (χ4n) is 1.86. The molecule has 0 aliphatic heterocycles. The fourth-order valence-corrected chi connectivity index (χ4v) is 2.82. The molecule has 0 atom stereocenters. The van der Waals surface area contributed by atoms with Gasteiger partial charge in [-0.3, -0.25) is 0 Å². The summed E-state index contributed by atoms with van der Waals surface area (Å²) in [6.07, 6.45) is 0. The molecular weight excluding hydrogens is 252 g/mol. The van der Waals surface area contributed by atoms with Crippen LogP contribution in [0.4, 0.5) is 5.69 Å². The first kappa shape index (κ1) is 14.0. The standard InChI is InChI=1S/C16H20N2S/c1-18(13-14-5-3-2-4-6-14)11-12-19-16-9-7-15(17)8-10-16/h2-10H,11-13,17H2,1H3. The number of anilines is 1. The molecular formula is C16H20N2S. The molecule has 2 aromatic carbocycles. The number of nitrogens with two attached hydrogens (primary N) is 1. The molecule has 0 saturated carbocycles. The maximum Gasteiger partial charge on any atom is 0.0314 e. The molecule has 2 N–H and O–H groups in total. The van der Waals surface area contributed by atoms with Gasteiger partial charge in [0, 0.05) is 29.4 Å². The van der Waals surface area contributed by atoms with E-state index >= 15 is 0 Å². The minimum Gasteiger partial charge on any atom is -0.399 e. The van der Waals surface area contributed by atoms with Gasteiger partial charge in [-0.05, 0) is 36.9 Å². The molecule has 0 saturated heterocycles. The average Bonchev–Trinajstić information content (AvgIpc) is 2.42. The second kappa shape index (κ2) is 7.22. The van der Waals surface area contributed by atoms with Crippen molar-refractivity contribution >= 4 is 17.4 Å². The topological polar surface area (TPSA) is 29.3 Å². The van der Waals surface area contributed by atoms with Gasteiger partial charge in [0.15, 0.2) is 0 Å². The van der Waals surface area contributed by atoms with Crippen molar-refractivity contribution < 1.29 is 0 Å². The molecule has 2 nitrogen and oxygen atoms in total. The van der Waals surface area contributed by atoms with E-state index in [0.29, 0.717) is 0 Å². The van der Waals surface area contributed by atoms with Gasteiger partial charge in [0.05, 0.1) is 0 Å². The number of thioether (sulfide) groups is 1. The lowest BCUT2D eigenvalue weighted by molar-refractivity contribution is 0.348. The zero-order chi connectivity index (χ0) is 13.5. The predicted molar refractivity (Wildman–Crippen MR) is 84.4 cm³/mol. The van der Waals surface area contributed by atoms with Crippen LogP contribution in [0.1, 0.15) is 5.56 Å². The van der Waals surface area contributed by atoms with Crippen LogP contribution in [-0.2, 0) is 6.54 Å². The highest BCUT2D eigenvalue weighted by molar-refractivity contribution is 7.99. The molecule has 0 aromatic heterocycles. The Morgan fingerprint density at radius 2 is 1.68 bits per heavy atom. The molecule has 0 fully saturated rings. The van der Waals surface area contributed by atoms with Gasteiger partial charge in [0.1, 0.15) is 0 Å². The summed E-state index contributed by atoms with van der Waals surface area (Å²) in [7, 11) is 2.16. The fraction of sp³-hybridized carbons (Fsp3) is 0.250. The summed E-state index contributed by atoms with van der Waals surface area (Å²) in [6, 6.07) is 18.6. The van der Waals surface area contributed by atoms with Gasteiger partial charge in [-0.2, -0.15) is 0 Å². The van der Waals surface area contributed by atoms with Crippen molar-refractivity contribution in [2.75, 3.05) is 25.1 Å². The quantitative estimate of drug-likeness (QED) is 0.644. The molecule has 0 aliphatic rings. The van der Waals surface area contributed by atoms with E-state index in [1.165, 1.54) is 10.5 Å². The lowest BCUT2D eigenvalue weighted by atomic mass is 10.2. The van der Waals surface area contributed by atoms with Crippen molar-refractivity contribution in [2.45, 2.75) is 11.4 Å². The highest BCUT2D eigenvalue weighted by Crippen LogP contribution is 2.19. The monoisotopic (exact) mass is 272 g/mol. The van der Waals surface area contributed by atoms with Crippen LogP contribution < -0.4 is 5.73 Å².